The lowest BCUT2D eigenvalue weighted by atomic mass is 9.91. The minimum absolute atomic E-state index is 0.240. The van der Waals surface area contributed by atoms with Crippen LogP contribution in [0.2, 0.25) is 0 Å². The van der Waals surface area contributed by atoms with Crippen molar-refractivity contribution in [2.75, 3.05) is 26.3 Å². The summed E-state index contributed by atoms with van der Waals surface area (Å²) in [5.74, 6) is 0. The summed E-state index contributed by atoms with van der Waals surface area (Å²) in [6.45, 7) is 1.84. The van der Waals surface area contributed by atoms with Gasteiger partial charge in [-0.15, -0.1) is 0 Å². The molecule has 2 N–H and O–H groups in total. The van der Waals surface area contributed by atoms with Gasteiger partial charge < -0.3 is 5.73 Å². The minimum Gasteiger partial charge on any atom is -0.329 e. The minimum atomic E-state index is -0.240. The summed E-state index contributed by atoms with van der Waals surface area (Å²) in [5, 5.41) is 0. The molecule has 11 heavy (non-hydrogen) atoms. The van der Waals surface area contributed by atoms with Crippen LogP contribution in [-0.4, -0.2) is 37.3 Å². The smallest absolute Gasteiger partial charge is 0.102 e. The van der Waals surface area contributed by atoms with Gasteiger partial charge in [-0.3, -0.25) is 4.90 Å². The van der Waals surface area contributed by atoms with E-state index in [1.54, 1.807) is 0 Å². The second-order valence-corrected chi connectivity index (χ2v) is 3.10. The van der Waals surface area contributed by atoms with Crippen molar-refractivity contribution in [3.8, 4) is 0 Å². The highest BCUT2D eigenvalue weighted by molar-refractivity contribution is 4.79. The second-order valence-electron chi connectivity index (χ2n) is 3.10. The van der Waals surface area contributed by atoms with E-state index in [-0.39, 0.29) is 6.67 Å². The van der Waals surface area contributed by atoms with Crippen LogP contribution in [0.1, 0.15) is 19.3 Å². The standard InChI is InChI=1S/C8H17FN2/c9-4-6-11(7-5-10)8-2-1-3-8/h8H,1-7,10H2. The van der Waals surface area contributed by atoms with E-state index < -0.39 is 0 Å². The van der Waals surface area contributed by atoms with Crippen LogP contribution in [0.25, 0.3) is 0 Å². The first kappa shape index (κ1) is 8.94. The van der Waals surface area contributed by atoms with Crippen LogP contribution in [0.3, 0.4) is 0 Å². The Morgan fingerprint density at radius 1 is 1.36 bits per heavy atom. The van der Waals surface area contributed by atoms with Crippen LogP contribution >= 0.6 is 0 Å². The van der Waals surface area contributed by atoms with Crippen molar-refractivity contribution in [1.29, 1.82) is 0 Å². The third-order valence-corrected chi connectivity index (χ3v) is 2.38. The van der Waals surface area contributed by atoms with Gasteiger partial charge in [-0.1, -0.05) is 6.42 Å². The molecule has 0 amide bonds. The number of nitrogens with two attached hydrogens (primary N) is 1. The largest absolute Gasteiger partial charge is 0.329 e. The van der Waals surface area contributed by atoms with Crippen molar-refractivity contribution in [2.45, 2.75) is 25.3 Å². The van der Waals surface area contributed by atoms with Crippen molar-refractivity contribution in [1.82, 2.24) is 4.90 Å². The molecular formula is C8H17FN2. The average molecular weight is 160 g/mol. The highest BCUT2D eigenvalue weighted by Crippen LogP contribution is 2.23. The van der Waals surface area contributed by atoms with Crippen LogP contribution in [0, 0.1) is 0 Å². The monoisotopic (exact) mass is 160 g/mol. The van der Waals surface area contributed by atoms with Crippen LogP contribution in [0.4, 0.5) is 4.39 Å². The van der Waals surface area contributed by atoms with Gasteiger partial charge in [0.1, 0.15) is 6.67 Å². The summed E-state index contributed by atoms with van der Waals surface area (Å²) < 4.78 is 12.0. The first-order chi connectivity index (χ1) is 5.38. The quantitative estimate of drug-likeness (QED) is 0.643. The van der Waals surface area contributed by atoms with Crippen molar-refractivity contribution >= 4 is 0 Å². The SMILES string of the molecule is NCCN(CCF)C1CCC1. The molecule has 0 saturated heterocycles. The molecule has 3 heteroatoms. The Morgan fingerprint density at radius 2 is 2.09 bits per heavy atom. The molecular weight excluding hydrogens is 143 g/mol. The molecule has 66 valence electrons. The fraction of sp³-hybridized carbons (Fsp3) is 1.00. The number of rotatable bonds is 5. The maximum Gasteiger partial charge on any atom is 0.102 e. The summed E-state index contributed by atoms with van der Waals surface area (Å²) in [6, 6.07) is 0.634. The summed E-state index contributed by atoms with van der Waals surface area (Å²) in [7, 11) is 0. The normalized spacial score (nSPS) is 18.8. The molecule has 1 fully saturated rings. The zero-order valence-electron chi connectivity index (χ0n) is 6.93. The second kappa shape index (κ2) is 4.67. The Kier molecular flexibility index (Phi) is 3.80. The summed E-state index contributed by atoms with van der Waals surface area (Å²) in [4.78, 5) is 2.17. The Labute approximate surface area is 67.6 Å². The van der Waals surface area contributed by atoms with Gasteiger partial charge in [0.25, 0.3) is 0 Å². The Balaban J connectivity index is 2.19. The van der Waals surface area contributed by atoms with Gasteiger partial charge in [-0.25, -0.2) is 4.39 Å². The molecule has 0 unspecified atom stereocenters. The summed E-state index contributed by atoms with van der Waals surface area (Å²) >= 11 is 0. The molecule has 0 radical (unpaired) electrons. The molecule has 1 aliphatic rings. The molecule has 0 aliphatic heterocycles. The van der Waals surface area contributed by atoms with Gasteiger partial charge in [0.05, 0.1) is 0 Å². The van der Waals surface area contributed by atoms with E-state index in [1.807, 2.05) is 0 Å². The van der Waals surface area contributed by atoms with Crippen molar-refractivity contribution in [2.24, 2.45) is 5.73 Å². The van der Waals surface area contributed by atoms with Crippen molar-refractivity contribution in [3.05, 3.63) is 0 Å². The van der Waals surface area contributed by atoms with Gasteiger partial charge in [0.2, 0.25) is 0 Å². The van der Waals surface area contributed by atoms with Crippen LogP contribution in [0.5, 0.6) is 0 Å². The predicted molar refractivity (Wildman–Crippen MR) is 44.2 cm³/mol. The van der Waals surface area contributed by atoms with Crippen molar-refractivity contribution < 1.29 is 4.39 Å². The Bertz CT molecular complexity index is 98.3. The number of halogens is 1. The van der Waals surface area contributed by atoms with Crippen molar-refractivity contribution in [3.63, 3.8) is 0 Å². The zero-order chi connectivity index (χ0) is 8.10. The molecule has 0 atom stereocenters. The van der Waals surface area contributed by atoms with E-state index in [9.17, 15) is 4.39 Å². The van der Waals surface area contributed by atoms with E-state index in [2.05, 4.69) is 4.90 Å². The summed E-state index contributed by atoms with van der Waals surface area (Å²) in [5.41, 5.74) is 5.41. The Hall–Kier alpha value is -0.150. The number of alkyl halides is 1. The first-order valence-electron chi connectivity index (χ1n) is 4.38. The molecule has 0 aromatic heterocycles. The molecule has 0 aromatic rings. The van der Waals surface area contributed by atoms with E-state index in [0.717, 1.165) is 6.54 Å². The summed E-state index contributed by atoms with van der Waals surface area (Å²) in [6.07, 6.45) is 3.78. The first-order valence-corrected chi connectivity index (χ1v) is 4.38. The molecule has 1 aliphatic carbocycles. The van der Waals surface area contributed by atoms with Gasteiger partial charge in [0.15, 0.2) is 0 Å². The lowest BCUT2D eigenvalue weighted by Gasteiger charge is -2.36. The lowest BCUT2D eigenvalue weighted by Crippen LogP contribution is -2.43. The molecule has 0 bridgehead atoms. The molecule has 2 nitrogen and oxygen atoms in total. The van der Waals surface area contributed by atoms with Gasteiger partial charge in [0, 0.05) is 25.7 Å². The van der Waals surface area contributed by atoms with Crippen LogP contribution in [-0.2, 0) is 0 Å². The third kappa shape index (κ3) is 2.42. The number of nitrogens with zero attached hydrogens (tertiary/aromatic N) is 1. The fourth-order valence-electron chi connectivity index (χ4n) is 1.50. The van der Waals surface area contributed by atoms with Gasteiger partial charge in [-0.05, 0) is 12.8 Å². The molecule has 1 rings (SSSR count). The molecule has 0 heterocycles. The average Bonchev–Trinajstić information content (AvgIpc) is 1.85. The molecule has 0 aromatic carbocycles. The van der Waals surface area contributed by atoms with E-state index in [1.165, 1.54) is 19.3 Å². The predicted octanol–water partition coefficient (Wildman–Crippen LogP) is 0.769. The van der Waals surface area contributed by atoms with E-state index >= 15 is 0 Å². The third-order valence-electron chi connectivity index (χ3n) is 2.38. The zero-order valence-corrected chi connectivity index (χ0v) is 6.93. The maximum atomic E-state index is 12.0. The highest BCUT2D eigenvalue weighted by Gasteiger charge is 2.23. The van der Waals surface area contributed by atoms with Gasteiger partial charge in [-0.2, -0.15) is 0 Å². The fourth-order valence-corrected chi connectivity index (χ4v) is 1.50. The van der Waals surface area contributed by atoms with E-state index in [4.69, 9.17) is 5.73 Å². The Morgan fingerprint density at radius 3 is 2.45 bits per heavy atom. The van der Waals surface area contributed by atoms with Crippen LogP contribution in [0.15, 0.2) is 0 Å². The van der Waals surface area contributed by atoms with E-state index in [0.29, 0.717) is 19.1 Å². The number of hydrogen-bond donors (Lipinski definition) is 1. The molecule has 1 saturated carbocycles. The lowest BCUT2D eigenvalue weighted by molar-refractivity contribution is 0.122. The number of hydrogen-bond acceptors (Lipinski definition) is 2. The molecule has 0 spiro atoms. The highest BCUT2D eigenvalue weighted by atomic mass is 19.1. The maximum absolute atomic E-state index is 12.0. The van der Waals surface area contributed by atoms with Crippen LogP contribution < -0.4 is 5.73 Å². The topological polar surface area (TPSA) is 29.3 Å². The van der Waals surface area contributed by atoms with Gasteiger partial charge >= 0.3 is 0 Å².